The first-order valence-electron chi connectivity index (χ1n) is 11.1. The molecule has 3 aliphatic rings. The van der Waals surface area contributed by atoms with Crippen LogP contribution in [0.4, 0.5) is 4.79 Å². The number of ether oxygens (including phenoxy) is 2. The zero-order valence-corrected chi connectivity index (χ0v) is 17.9. The van der Waals surface area contributed by atoms with E-state index in [4.69, 9.17) is 9.47 Å². The van der Waals surface area contributed by atoms with Gasteiger partial charge in [-0.15, -0.1) is 0 Å². The summed E-state index contributed by atoms with van der Waals surface area (Å²) in [5.41, 5.74) is 0. The minimum absolute atomic E-state index is 0.195. The number of aliphatic hydroxyl groups is 2. The van der Waals surface area contributed by atoms with E-state index < -0.39 is 36.2 Å². The van der Waals surface area contributed by atoms with Gasteiger partial charge in [0.1, 0.15) is 12.2 Å². The molecule has 30 heavy (non-hydrogen) atoms. The van der Waals surface area contributed by atoms with Gasteiger partial charge in [0, 0.05) is 13.1 Å². The number of carbonyl (C=O) groups excluding carboxylic acids is 3. The molecule has 1 saturated heterocycles. The molecule has 2 N–H and O–H groups in total. The van der Waals surface area contributed by atoms with Crippen molar-refractivity contribution in [2.24, 2.45) is 11.8 Å². The minimum atomic E-state index is -1.37. The summed E-state index contributed by atoms with van der Waals surface area (Å²) < 4.78 is 10.1. The standard InChI is InChI=1S/C21H34N2O7/c1-3-29-17(24)9-15-19(26)20(27)16(10-18(25)30-4-2)23(12-14-7-8-14)21(28)22(15)11-13-5-6-13/h13-16,19-20,26-27H,3-12H2,1-2H3/t15-,16-,19+,20+/m1/s1. The van der Waals surface area contributed by atoms with Crippen LogP contribution in [0.1, 0.15) is 52.4 Å². The highest BCUT2D eigenvalue weighted by Crippen LogP contribution is 2.36. The maximum absolute atomic E-state index is 13.6. The zero-order valence-electron chi connectivity index (χ0n) is 17.9. The van der Waals surface area contributed by atoms with E-state index in [0.29, 0.717) is 24.9 Å². The van der Waals surface area contributed by atoms with Crippen molar-refractivity contribution >= 4 is 18.0 Å². The molecule has 4 atom stereocenters. The summed E-state index contributed by atoms with van der Waals surface area (Å²) in [6, 6.07) is -2.14. The molecule has 3 rings (SSSR count). The summed E-state index contributed by atoms with van der Waals surface area (Å²) in [5.74, 6) is -0.403. The molecule has 0 bridgehead atoms. The highest BCUT2D eigenvalue weighted by molar-refractivity contribution is 5.79. The molecule has 0 spiro atoms. The number of hydrogen-bond acceptors (Lipinski definition) is 7. The van der Waals surface area contributed by atoms with Crippen LogP contribution in [0.25, 0.3) is 0 Å². The first-order valence-corrected chi connectivity index (χ1v) is 11.1. The van der Waals surface area contributed by atoms with Crippen molar-refractivity contribution in [2.45, 2.75) is 76.7 Å². The fraction of sp³-hybridized carbons (Fsp3) is 0.857. The van der Waals surface area contributed by atoms with Crippen LogP contribution in [-0.2, 0) is 19.1 Å². The van der Waals surface area contributed by atoms with Crippen molar-refractivity contribution in [1.29, 1.82) is 0 Å². The summed E-state index contributed by atoms with van der Waals surface area (Å²) >= 11 is 0. The maximum Gasteiger partial charge on any atom is 0.320 e. The predicted octanol–water partition coefficient (Wildman–Crippen LogP) is 0.909. The van der Waals surface area contributed by atoms with Crippen molar-refractivity contribution in [1.82, 2.24) is 9.80 Å². The third-order valence-electron chi connectivity index (χ3n) is 6.10. The molecular weight excluding hydrogens is 392 g/mol. The Labute approximate surface area is 177 Å². The SMILES string of the molecule is CCOC(=O)C[C@@H]1[C@H](O)[C@@H](O)[C@@H](CC(=O)OCC)N(CC2CC2)C(=O)N1CC1CC1. The summed E-state index contributed by atoms with van der Waals surface area (Å²) in [5, 5.41) is 22.0. The second-order valence-corrected chi connectivity index (χ2v) is 8.61. The molecule has 0 aromatic carbocycles. The predicted molar refractivity (Wildman–Crippen MR) is 106 cm³/mol. The van der Waals surface area contributed by atoms with Gasteiger partial charge in [-0.25, -0.2) is 4.79 Å². The van der Waals surface area contributed by atoms with Crippen molar-refractivity contribution < 1.29 is 34.1 Å². The third-order valence-corrected chi connectivity index (χ3v) is 6.10. The van der Waals surface area contributed by atoms with Crippen molar-refractivity contribution in [3.05, 3.63) is 0 Å². The first-order chi connectivity index (χ1) is 14.3. The Bertz CT molecular complexity index is 583. The molecule has 1 aliphatic heterocycles. The molecule has 2 amide bonds. The molecule has 0 unspecified atom stereocenters. The van der Waals surface area contributed by atoms with E-state index in [1.54, 1.807) is 13.8 Å². The van der Waals surface area contributed by atoms with Gasteiger partial charge in [-0.2, -0.15) is 0 Å². The molecular formula is C21H34N2O7. The highest BCUT2D eigenvalue weighted by Gasteiger charge is 2.49. The zero-order chi connectivity index (χ0) is 21.8. The number of amides is 2. The van der Waals surface area contributed by atoms with E-state index in [9.17, 15) is 24.6 Å². The lowest BCUT2D eigenvalue weighted by Gasteiger charge is -2.35. The summed E-state index contributed by atoms with van der Waals surface area (Å²) in [6.45, 7) is 4.60. The van der Waals surface area contributed by atoms with Crippen LogP contribution < -0.4 is 0 Å². The van der Waals surface area contributed by atoms with E-state index in [-0.39, 0.29) is 32.1 Å². The van der Waals surface area contributed by atoms with Gasteiger partial charge in [0.25, 0.3) is 0 Å². The smallest absolute Gasteiger partial charge is 0.320 e. The molecule has 3 fully saturated rings. The Kier molecular flexibility index (Phi) is 7.57. The number of esters is 2. The van der Waals surface area contributed by atoms with E-state index in [0.717, 1.165) is 25.7 Å². The number of nitrogens with zero attached hydrogens (tertiary/aromatic N) is 2. The van der Waals surface area contributed by atoms with Gasteiger partial charge in [0.05, 0.1) is 38.1 Å². The summed E-state index contributed by atoms with van der Waals surface area (Å²) in [7, 11) is 0. The lowest BCUT2D eigenvalue weighted by atomic mass is 9.94. The van der Waals surface area contributed by atoms with Gasteiger partial charge >= 0.3 is 18.0 Å². The maximum atomic E-state index is 13.6. The van der Waals surface area contributed by atoms with Crippen LogP contribution in [0.5, 0.6) is 0 Å². The average Bonchev–Trinajstić information content (AvgIpc) is 3.61. The monoisotopic (exact) mass is 426 g/mol. The normalized spacial score (nSPS) is 29.5. The molecule has 0 radical (unpaired) electrons. The first kappa shape index (κ1) is 22.8. The number of urea groups is 1. The Balaban J connectivity index is 1.89. The van der Waals surface area contributed by atoms with Gasteiger partial charge in [-0.1, -0.05) is 0 Å². The summed E-state index contributed by atoms with van der Waals surface area (Å²) in [6.07, 6.45) is 0.808. The van der Waals surface area contributed by atoms with Crippen LogP contribution in [0.2, 0.25) is 0 Å². The molecule has 1 heterocycles. The Morgan fingerprint density at radius 3 is 1.50 bits per heavy atom. The molecule has 0 aromatic heterocycles. The fourth-order valence-electron chi connectivity index (χ4n) is 4.10. The van der Waals surface area contributed by atoms with Crippen molar-refractivity contribution in [3.63, 3.8) is 0 Å². The molecule has 0 aromatic rings. The average molecular weight is 427 g/mol. The molecule has 170 valence electrons. The van der Waals surface area contributed by atoms with Crippen molar-refractivity contribution in [2.75, 3.05) is 26.3 Å². The number of hydrogen-bond donors (Lipinski definition) is 2. The van der Waals surface area contributed by atoms with Crippen LogP contribution in [-0.4, -0.2) is 88.6 Å². The van der Waals surface area contributed by atoms with Gasteiger partial charge in [0.2, 0.25) is 0 Å². The fourth-order valence-corrected chi connectivity index (χ4v) is 4.10. The Morgan fingerprint density at radius 1 is 0.833 bits per heavy atom. The number of aliphatic hydroxyl groups excluding tert-OH is 2. The van der Waals surface area contributed by atoms with Crippen LogP contribution in [0.15, 0.2) is 0 Å². The second kappa shape index (κ2) is 9.96. The van der Waals surface area contributed by atoms with Gasteiger partial charge in [-0.3, -0.25) is 9.59 Å². The van der Waals surface area contributed by atoms with Gasteiger partial charge in [-0.05, 0) is 51.4 Å². The van der Waals surface area contributed by atoms with Gasteiger partial charge < -0.3 is 29.5 Å². The highest BCUT2D eigenvalue weighted by atomic mass is 16.5. The van der Waals surface area contributed by atoms with Crippen molar-refractivity contribution in [3.8, 4) is 0 Å². The lowest BCUT2D eigenvalue weighted by molar-refractivity contribution is -0.148. The number of rotatable bonds is 10. The van der Waals surface area contributed by atoms with Crippen LogP contribution in [0, 0.1) is 11.8 Å². The quantitative estimate of drug-likeness (QED) is 0.499. The molecule has 2 aliphatic carbocycles. The summed E-state index contributed by atoms with van der Waals surface area (Å²) in [4.78, 5) is 41.0. The second-order valence-electron chi connectivity index (χ2n) is 8.61. The van der Waals surface area contributed by atoms with E-state index in [1.165, 1.54) is 9.80 Å². The third kappa shape index (κ3) is 5.63. The van der Waals surface area contributed by atoms with Crippen LogP contribution in [0.3, 0.4) is 0 Å². The Morgan fingerprint density at radius 2 is 1.20 bits per heavy atom. The minimum Gasteiger partial charge on any atom is -0.466 e. The van der Waals surface area contributed by atoms with Gasteiger partial charge in [0.15, 0.2) is 0 Å². The van der Waals surface area contributed by atoms with E-state index in [2.05, 4.69) is 0 Å². The number of carbonyl (C=O) groups is 3. The Hall–Kier alpha value is -1.87. The molecule has 2 saturated carbocycles. The molecule has 9 heteroatoms. The van der Waals surface area contributed by atoms with E-state index in [1.807, 2.05) is 0 Å². The topological polar surface area (TPSA) is 117 Å². The van der Waals surface area contributed by atoms with E-state index >= 15 is 0 Å². The lowest BCUT2D eigenvalue weighted by Crippen LogP contribution is -2.52. The van der Waals surface area contributed by atoms with Crippen LogP contribution >= 0.6 is 0 Å². The molecule has 9 nitrogen and oxygen atoms in total. The largest absolute Gasteiger partial charge is 0.466 e.